The van der Waals surface area contributed by atoms with E-state index in [0.29, 0.717) is 0 Å². The Morgan fingerprint density at radius 3 is 1.59 bits per heavy atom. The zero-order valence-corrected chi connectivity index (χ0v) is 42.7. The Bertz CT molecular complexity index is 3270. The van der Waals surface area contributed by atoms with E-state index in [1.165, 1.54) is 122 Å². The van der Waals surface area contributed by atoms with E-state index in [1.54, 1.807) is 0 Å². The van der Waals surface area contributed by atoms with Gasteiger partial charge in [0.25, 0.3) is 6.71 Å². The van der Waals surface area contributed by atoms with Gasteiger partial charge in [-0.2, -0.15) is 0 Å². The molecule has 8 aromatic carbocycles. The van der Waals surface area contributed by atoms with E-state index in [2.05, 4.69) is 253 Å². The average Bonchev–Trinajstić information content (AvgIpc) is 3.61. The Kier molecular flexibility index (Phi) is 10.2. The van der Waals surface area contributed by atoms with Crippen molar-refractivity contribution in [1.82, 2.24) is 0 Å². The van der Waals surface area contributed by atoms with Crippen LogP contribution in [0.5, 0.6) is 0 Å². The van der Waals surface area contributed by atoms with Gasteiger partial charge >= 0.3 is 0 Å². The monoisotopic (exact) mass is 912 g/mol. The van der Waals surface area contributed by atoms with Crippen molar-refractivity contribution in [3.63, 3.8) is 0 Å². The highest BCUT2D eigenvalue weighted by molar-refractivity contribution is 7.00. The Morgan fingerprint density at radius 1 is 0.400 bits per heavy atom. The SMILES string of the molecule is CC(C)(C)c1ccc(N2c3cc(N(c4ccccc4)c4ccccc4)ccc3B3c4cc(C(C)(C)C)ccc4N(c4ccc5c(c4)C4(CCCCC4)c4ccccc4-5)c4cc(C(C)(C)C)cc2c43)cc1. The van der Waals surface area contributed by atoms with Crippen LogP contribution in [0.25, 0.3) is 11.1 Å². The smallest absolute Gasteiger partial charge is 0.252 e. The maximum absolute atomic E-state index is 2.67. The fraction of sp³-hybridized carbons (Fsp3) is 0.273. The van der Waals surface area contributed by atoms with Crippen molar-refractivity contribution < 1.29 is 0 Å². The van der Waals surface area contributed by atoms with Gasteiger partial charge in [0.2, 0.25) is 0 Å². The summed E-state index contributed by atoms with van der Waals surface area (Å²) in [6.07, 6.45) is 6.26. The molecule has 4 aliphatic rings. The highest BCUT2D eigenvalue weighted by Gasteiger charge is 2.47. The van der Waals surface area contributed by atoms with Crippen molar-refractivity contribution in [2.45, 2.75) is 116 Å². The van der Waals surface area contributed by atoms with Gasteiger partial charge in [-0.3, -0.25) is 0 Å². The molecule has 2 aliphatic carbocycles. The van der Waals surface area contributed by atoms with Crippen molar-refractivity contribution in [1.29, 1.82) is 0 Å². The molecule has 0 aromatic heterocycles. The van der Waals surface area contributed by atoms with Gasteiger partial charge in [-0.25, -0.2) is 0 Å². The minimum atomic E-state index is -0.129. The zero-order valence-electron chi connectivity index (χ0n) is 42.7. The minimum Gasteiger partial charge on any atom is -0.311 e. The Hall–Kier alpha value is -6.78. The van der Waals surface area contributed by atoms with Crippen LogP contribution in [0.1, 0.15) is 122 Å². The van der Waals surface area contributed by atoms with E-state index in [0.717, 1.165) is 17.1 Å². The molecule has 1 fully saturated rings. The standard InChI is InChI=1S/C66H66BN3/c1-63(2,3)44-27-30-49(31-28-44)69-59-43-51(68(47-21-13-10-14-22-47)48-23-15-11-16-24-48)33-35-56(59)67-57-39-45(64(4,5)6)29-36-58(57)70(61-41-46(65(7,8)9)40-60(69)62(61)67)50-32-34-53-52-25-17-18-26-54(52)66(55(53)42-50)37-19-12-20-38-66/h10-11,13-18,21-36,39-43H,12,19-20,37-38H2,1-9H3. The summed E-state index contributed by atoms with van der Waals surface area (Å²) in [5, 5.41) is 0. The quantitative estimate of drug-likeness (QED) is 0.159. The van der Waals surface area contributed by atoms with E-state index in [1.807, 2.05) is 0 Å². The summed E-state index contributed by atoms with van der Waals surface area (Å²) in [6, 6.07) is 67.8. The van der Waals surface area contributed by atoms with Crippen LogP contribution in [-0.2, 0) is 21.7 Å². The topological polar surface area (TPSA) is 9.72 Å². The van der Waals surface area contributed by atoms with Gasteiger partial charge in [-0.1, -0.05) is 179 Å². The summed E-state index contributed by atoms with van der Waals surface area (Å²) in [4.78, 5) is 7.68. The first kappa shape index (κ1) is 44.4. The van der Waals surface area contributed by atoms with Gasteiger partial charge in [0.15, 0.2) is 0 Å². The van der Waals surface area contributed by atoms with Crippen molar-refractivity contribution >= 4 is 74.3 Å². The zero-order chi connectivity index (χ0) is 48.3. The number of hydrogen-bond donors (Lipinski definition) is 0. The molecule has 12 rings (SSSR count). The number of anilines is 9. The van der Waals surface area contributed by atoms with E-state index in [9.17, 15) is 0 Å². The molecule has 0 N–H and O–H groups in total. The molecule has 4 heteroatoms. The molecule has 8 aromatic rings. The molecular weight excluding hydrogens is 846 g/mol. The number of hydrogen-bond acceptors (Lipinski definition) is 3. The predicted molar refractivity (Wildman–Crippen MR) is 301 cm³/mol. The number of benzene rings is 8. The lowest BCUT2D eigenvalue weighted by Crippen LogP contribution is -2.61. The molecule has 0 saturated heterocycles. The minimum absolute atomic E-state index is 0.00742. The molecule has 0 atom stereocenters. The third-order valence-electron chi connectivity index (χ3n) is 16.3. The van der Waals surface area contributed by atoms with Crippen LogP contribution in [0.15, 0.2) is 176 Å². The Morgan fingerprint density at radius 2 is 0.957 bits per heavy atom. The van der Waals surface area contributed by atoms with E-state index < -0.39 is 0 Å². The van der Waals surface area contributed by atoms with Gasteiger partial charge in [0.1, 0.15) is 0 Å². The molecule has 70 heavy (non-hydrogen) atoms. The van der Waals surface area contributed by atoms with Gasteiger partial charge in [-0.05, 0) is 163 Å². The van der Waals surface area contributed by atoms with Crippen molar-refractivity contribution in [2.24, 2.45) is 0 Å². The second-order valence-corrected chi connectivity index (χ2v) is 23.8. The first-order chi connectivity index (χ1) is 33.6. The highest BCUT2D eigenvalue weighted by atomic mass is 15.2. The second-order valence-electron chi connectivity index (χ2n) is 23.8. The number of fused-ring (bicyclic) bond motifs is 9. The first-order valence-corrected chi connectivity index (χ1v) is 25.9. The van der Waals surface area contributed by atoms with Gasteiger partial charge < -0.3 is 14.7 Å². The summed E-state index contributed by atoms with van der Waals surface area (Å²) < 4.78 is 0. The van der Waals surface area contributed by atoms with Gasteiger partial charge in [0.05, 0.1) is 0 Å². The lowest BCUT2D eigenvalue weighted by atomic mass is 9.33. The maximum Gasteiger partial charge on any atom is 0.252 e. The van der Waals surface area contributed by atoms with E-state index in [4.69, 9.17) is 0 Å². The Labute approximate surface area is 417 Å². The molecule has 348 valence electrons. The van der Waals surface area contributed by atoms with Gasteiger partial charge in [0, 0.05) is 56.6 Å². The molecule has 2 heterocycles. The third kappa shape index (κ3) is 7.07. The van der Waals surface area contributed by atoms with Crippen molar-refractivity contribution in [3.8, 4) is 11.1 Å². The van der Waals surface area contributed by atoms with Gasteiger partial charge in [-0.15, -0.1) is 0 Å². The van der Waals surface area contributed by atoms with Crippen LogP contribution in [0.2, 0.25) is 0 Å². The van der Waals surface area contributed by atoms with Crippen molar-refractivity contribution in [2.75, 3.05) is 14.7 Å². The van der Waals surface area contributed by atoms with Crippen LogP contribution in [0.4, 0.5) is 51.2 Å². The van der Waals surface area contributed by atoms with Crippen LogP contribution in [0.3, 0.4) is 0 Å². The lowest BCUT2D eigenvalue weighted by Gasteiger charge is -2.46. The fourth-order valence-electron chi connectivity index (χ4n) is 12.6. The molecular formula is C66H66BN3. The molecule has 0 radical (unpaired) electrons. The predicted octanol–water partition coefficient (Wildman–Crippen LogP) is 16.4. The summed E-state index contributed by atoms with van der Waals surface area (Å²) in [5.74, 6) is 0. The molecule has 0 unspecified atom stereocenters. The normalized spacial score (nSPS) is 15.5. The number of para-hydroxylation sites is 2. The molecule has 1 saturated carbocycles. The molecule has 2 aliphatic heterocycles. The molecule has 3 nitrogen and oxygen atoms in total. The number of nitrogens with zero attached hydrogens (tertiary/aromatic N) is 3. The van der Waals surface area contributed by atoms with Crippen LogP contribution >= 0.6 is 0 Å². The first-order valence-electron chi connectivity index (χ1n) is 25.9. The van der Waals surface area contributed by atoms with Crippen LogP contribution in [-0.4, -0.2) is 6.71 Å². The summed E-state index contributed by atoms with van der Waals surface area (Å²) >= 11 is 0. The third-order valence-corrected chi connectivity index (χ3v) is 16.3. The molecule has 1 spiro atoms. The second kappa shape index (κ2) is 16.1. The average molecular weight is 912 g/mol. The lowest BCUT2D eigenvalue weighted by molar-refractivity contribution is 0.353. The fourth-order valence-corrected chi connectivity index (χ4v) is 12.6. The summed E-state index contributed by atoms with van der Waals surface area (Å²) in [5.41, 5.74) is 24.6. The van der Waals surface area contributed by atoms with Crippen molar-refractivity contribution in [3.05, 3.63) is 204 Å². The molecule has 0 amide bonds. The summed E-state index contributed by atoms with van der Waals surface area (Å²) in [6.45, 7) is 21.1. The van der Waals surface area contributed by atoms with E-state index in [-0.39, 0.29) is 28.4 Å². The van der Waals surface area contributed by atoms with Crippen LogP contribution in [0, 0.1) is 0 Å². The summed E-state index contributed by atoms with van der Waals surface area (Å²) in [7, 11) is 0. The highest BCUT2D eigenvalue weighted by Crippen LogP contribution is 2.57. The van der Waals surface area contributed by atoms with E-state index >= 15 is 0 Å². The largest absolute Gasteiger partial charge is 0.311 e. The van der Waals surface area contributed by atoms with Crippen LogP contribution < -0.4 is 31.1 Å². The maximum atomic E-state index is 2.67. The molecule has 0 bridgehead atoms. The Balaban J connectivity index is 1.15. The number of rotatable bonds is 5.